The molecule has 1 aromatic rings. The summed E-state index contributed by atoms with van der Waals surface area (Å²) in [6, 6.07) is 10.4. The van der Waals surface area contributed by atoms with Gasteiger partial charge in [0.25, 0.3) is 0 Å². The lowest BCUT2D eigenvalue weighted by molar-refractivity contribution is 0.164. The molecule has 0 aliphatic heterocycles. The van der Waals surface area contributed by atoms with Gasteiger partial charge in [0, 0.05) is 5.41 Å². The van der Waals surface area contributed by atoms with Crippen molar-refractivity contribution in [2.75, 3.05) is 0 Å². The second-order valence-electron chi connectivity index (χ2n) is 4.95. The van der Waals surface area contributed by atoms with Crippen LogP contribution in [0.1, 0.15) is 38.2 Å². The predicted octanol–water partition coefficient (Wildman–Crippen LogP) is 2.13. The molecule has 82 valence electrons. The molecule has 0 spiro atoms. The van der Waals surface area contributed by atoms with E-state index in [0.29, 0.717) is 0 Å². The zero-order valence-electron chi connectivity index (χ0n) is 9.37. The first-order valence-electron chi connectivity index (χ1n) is 5.70. The zero-order valence-corrected chi connectivity index (χ0v) is 9.37. The molecule has 0 bridgehead atoms. The Bertz CT molecular complexity index is 332. The van der Waals surface area contributed by atoms with Gasteiger partial charge in [0.1, 0.15) is 0 Å². The molecule has 4 N–H and O–H groups in total. The molecule has 2 heteroatoms. The van der Waals surface area contributed by atoms with Crippen molar-refractivity contribution in [1.29, 1.82) is 0 Å². The summed E-state index contributed by atoms with van der Waals surface area (Å²) in [5.74, 6) is 0. The monoisotopic (exact) mass is 204 g/mol. The molecule has 2 rings (SSSR count). The number of hydrogen-bond donors (Lipinski definition) is 2. The van der Waals surface area contributed by atoms with Crippen molar-refractivity contribution in [3.05, 3.63) is 35.9 Å². The minimum atomic E-state index is -0.563. The molecule has 1 atom stereocenters. The summed E-state index contributed by atoms with van der Waals surface area (Å²) in [5.41, 5.74) is 13.2. The van der Waals surface area contributed by atoms with Crippen molar-refractivity contribution >= 4 is 0 Å². The number of hydrogen-bond acceptors (Lipinski definition) is 2. The van der Waals surface area contributed by atoms with Gasteiger partial charge in [-0.05, 0) is 18.4 Å². The summed E-state index contributed by atoms with van der Waals surface area (Å²) < 4.78 is 0. The first kappa shape index (κ1) is 10.7. The summed E-state index contributed by atoms with van der Waals surface area (Å²) in [6.07, 6.45) is 4.37. The Hall–Kier alpha value is -0.860. The molecular weight excluding hydrogens is 184 g/mol. The fraction of sp³-hybridized carbons (Fsp3) is 0.538. The van der Waals surface area contributed by atoms with E-state index in [0.717, 1.165) is 19.3 Å². The minimum Gasteiger partial charge on any atom is -0.313 e. The molecular formula is C13H20N2. The summed E-state index contributed by atoms with van der Waals surface area (Å²) in [6.45, 7) is 2.20. The number of benzene rings is 1. The van der Waals surface area contributed by atoms with Crippen LogP contribution in [0.4, 0.5) is 0 Å². The molecule has 1 unspecified atom stereocenters. The van der Waals surface area contributed by atoms with E-state index in [1.54, 1.807) is 0 Å². The number of rotatable bonds is 1. The molecule has 15 heavy (non-hydrogen) atoms. The van der Waals surface area contributed by atoms with Gasteiger partial charge in [0.15, 0.2) is 0 Å². The van der Waals surface area contributed by atoms with Gasteiger partial charge >= 0.3 is 0 Å². The van der Waals surface area contributed by atoms with Gasteiger partial charge in [-0.15, -0.1) is 0 Å². The van der Waals surface area contributed by atoms with E-state index in [4.69, 9.17) is 11.5 Å². The van der Waals surface area contributed by atoms with Crippen LogP contribution in [0.3, 0.4) is 0 Å². The van der Waals surface area contributed by atoms with Crippen molar-refractivity contribution in [1.82, 2.24) is 0 Å². The lowest BCUT2D eigenvalue weighted by atomic mass is 9.64. The maximum absolute atomic E-state index is 6.27. The third-order valence-corrected chi connectivity index (χ3v) is 3.96. The van der Waals surface area contributed by atoms with E-state index in [-0.39, 0.29) is 5.41 Å². The molecule has 1 fully saturated rings. The quantitative estimate of drug-likeness (QED) is 0.688. The molecule has 1 aromatic carbocycles. The minimum absolute atomic E-state index is 0.0769. The first-order chi connectivity index (χ1) is 7.06. The van der Waals surface area contributed by atoms with Crippen molar-refractivity contribution < 1.29 is 0 Å². The Balaban J connectivity index is 2.40. The Morgan fingerprint density at radius 3 is 2.20 bits per heavy atom. The Labute approximate surface area is 91.7 Å². The lowest BCUT2D eigenvalue weighted by Crippen LogP contribution is -2.65. The van der Waals surface area contributed by atoms with Crippen LogP contribution >= 0.6 is 0 Å². The number of nitrogens with two attached hydrogens (primary N) is 2. The molecule has 2 nitrogen and oxygen atoms in total. The fourth-order valence-corrected chi connectivity index (χ4v) is 2.62. The third kappa shape index (κ3) is 1.68. The van der Waals surface area contributed by atoms with Gasteiger partial charge in [0.05, 0.1) is 5.66 Å². The second-order valence-corrected chi connectivity index (χ2v) is 4.95. The normalized spacial score (nSPS) is 30.1. The van der Waals surface area contributed by atoms with Crippen molar-refractivity contribution in [3.8, 4) is 0 Å². The van der Waals surface area contributed by atoms with Crippen LogP contribution in [0.15, 0.2) is 30.3 Å². The summed E-state index contributed by atoms with van der Waals surface area (Å²) in [7, 11) is 0. The highest BCUT2D eigenvalue weighted by Gasteiger charge is 2.45. The molecule has 0 heterocycles. The van der Waals surface area contributed by atoms with Crippen molar-refractivity contribution in [3.63, 3.8) is 0 Å². The second kappa shape index (κ2) is 3.62. The topological polar surface area (TPSA) is 52.0 Å². The van der Waals surface area contributed by atoms with Gasteiger partial charge in [-0.3, -0.25) is 0 Å². The Morgan fingerprint density at radius 1 is 1.00 bits per heavy atom. The molecule has 1 saturated carbocycles. The van der Waals surface area contributed by atoms with Crippen molar-refractivity contribution in [2.45, 2.75) is 43.7 Å². The van der Waals surface area contributed by atoms with Crippen LogP contribution in [0.5, 0.6) is 0 Å². The molecule has 1 aliphatic carbocycles. The highest BCUT2D eigenvalue weighted by Crippen LogP contribution is 2.41. The van der Waals surface area contributed by atoms with Gasteiger partial charge < -0.3 is 11.5 Å². The van der Waals surface area contributed by atoms with Crippen LogP contribution in [-0.4, -0.2) is 5.66 Å². The fourth-order valence-electron chi connectivity index (χ4n) is 2.62. The van der Waals surface area contributed by atoms with E-state index >= 15 is 0 Å². The third-order valence-electron chi connectivity index (χ3n) is 3.96. The summed E-state index contributed by atoms with van der Waals surface area (Å²) in [4.78, 5) is 0. The van der Waals surface area contributed by atoms with E-state index in [1.807, 2.05) is 6.07 Å². The maximum Gasteiger partial charge on any atom is 0.0733 e. The molecule has 1 aliphatic rings. The largest absolute Gasteiger partial charge is 0.313 e. The van der Waals surface area contributed by atoms with E-state index < -0.39 is 5.66 Å². The predicted molar refractivity (Wildman–Crippen MR) is 63.4 cm³/mol. The maximum atomic E-state index is 6.27. The molecule has 0 aromatic heterocycles. The standard InChI is InChI=1S/C13H20N2/c1-12(11-7-3-2-4-8-11)9-5-6-10-13(12,14)15/h2-4,7-8H,5-6,9-10,14-15H2,1H3. The highest BCUT2D eigenvalue weighted by atomic mass is 15.0. The zero-order chi connectivity index (χ0) is 10.9. The van der Waals surface area contributed by atoms with Crippen LogP contribution in [0, 0.1) is 0 Å². The van der Waals surface area contributed by atoms with Crippen LogP contribution in [-0.2, 0) is 5.41 Å². The molecule has 0 radical (unpaired) electrons. The summed E-state index contributed by atoms with van der Waals surface area (Å²) in [5, 5.41) is 0. The smallest absolute Gasteiger partial charge is 0.0733 e. The Kier molecular flexibility index (Phi) is 2.57. The van der Waals surface area contributed by atoms with Crippen LogP contribution in [0.2, 0.25) is 0 Å². The SMILES string of the molecule is CC1(c2ccccc2)CCCCC1(N)N. The highest BCUT2D eigenvalue weighted by molar-refractivity contribution is 5.29. The van der Waals surface area contributed by atoms with Gasteiger partial charge in [-0.1, -0.05) is 50.1 Å². The van der Waals surface area contributed by atoms with Crippen LogP contribution < -0.4 is 11.5 Å². The van der Waals surface area contributed by atoms with Gasteiger partial charge in [0.2, 0.25) is 0 Å². The lowest BCUT2D eigenvalue weighted by Gasteiger charge is -2.47. The van der Waals surface area contributed by atoms with E-state index in [1.165, 1.54) is 12.0 Å². The average Bonchev–Trinajstić information content (AvgIpc) is 2.24. The van der Waals surface area contributed by atoms with Crippen molar-refractivity contribution in [2.24, 2.45) is 11.5 Å². The average molecular weight is 204 g/mol. The summed E-state index contributed by atoms with van der Waals surface area (Å²) >= 11 is 0. The molecule has 0 saturated heterocycles. The van der Waals surface area contributed by atoms with E-state index in [9.17, 15) is 0 Å². The van der Waals surface area contributed by atoms with Gasteiger partial charge in [-0.2, -0.15) is 0 Å². The van der Waals surface area contributed by atoms with E-state index in [2.05, 4.69) is 31.2 Å². The van der Waals surface area contributed by atoms with Gasteiger partial charge in [-0.25, -0.2) is 0 Å². The Morgan fingerprint density at radius 2 is 1.60 bits per heavy atom. The van der Waals surface area contributed by atoms with Crippen LogP contribution in [0.25, 0.3) is 0 Å². The first-order valence-corrected chi connectivity index (χ1v) is 5.70. The molecule has 0 amide bonds.